The Kier molecular flexibility index (Phi) is 6.67. The lowest BCUT2D eigenvalue weighted by atomic mass is 10.00. The Labute approximate surface area is 228 Å². The number of carbonyl (C=O) groups is 1. The molecule has 0 N–H and O–H groups in total. The fourth-order valence-corrected chi connectivity index (χ4v) is 5.33. The van der Waals surface area contributed by atoms with Crippen LogP contribution in [0, 0.1) is 13.8 Å². The minimum atomic E-state index is -0.0512. The van der Waals surface area contributed by atoms with Gasteiger partial charge < -0.3 is 18.5 Å². The normalized spacial score (nSPS) is 14.2. The van der Waals surface area contributed by atoms with Crippen LogP contribution in [0.15, 0.2) is 83.6 Å². The molecule has 1 saturated heterocycles. The maximum Gasteiger partial charge on any atom is 0.289 e. The van der Waals surface area contributed by atoms with Crippen LogP contribution in [0.1, 0.15) is 27.4 Å². The molecule has 1 fully saturated rings. The van der Waals surface area contributed by atoms with Crippen LogP contribution in [0.5, 0.6) is 5.75 Å². The molecule has 4 heterocycles. The van der Waals surface area contributed by atoms with Gasteiger partial charge in [0.15, 0.2) is 5.76 Å². The van der Waals surface area contributed by atoms with Gasteiger partial charge in [-0.15, -0.1) is 0 Å². The van der Waals surface area contributed by atoms with Crippen LogP contribution in [0.4, 0.5) is 0 Å². The first kappa shape index (κ1) is 24.9. The van der Waals surface area contributed by atoms with Crippen molar-refractivity contribution in [2.45, 2.75) is 20.4 Å². The summed E-state index contributed by atoms with van der Waals surface area (Å²) < 4.78 is 13.1. The molecule has 0 aliphatic carbocycles. The average molecular weight is 521 g/mol. The van der Waals surface area contributed by atoms with Crippen LogP contribution in [-0.2, 0) is 6.54 Å². The maximum atomic E-state index is 12.8. The van der Waals surface area contributed by atoms with Gasteiger partial charge in [-0.2, -0.15) is 0 Å². The lowest BCUT2D eigenvalue weighted by Gasteiger charge is -2.34. The monoisotopic (exact) mass is 520 g/mol. The van der Waals surface area contributed by atoms with E-state index in [1.807, 2.05) is 23.1 Å². The number of amides is 1. The molecule has 39 heavy (non-hydrogen) atoms. The average Bonchev–Trinajstić information content (AvgIpc) is 3.63. The lowest BCUT2D eigenvalue weighted by molar-refractivity contribution is 0.0596. The number of piperazine rings is 1. The topological polar surface area (TPSA) is 63.2 Å². The molecule has 0 radical (unpaired) electrons. The van der Waals surface area contributed by atoms with Crippen molar-refractivity contribution in [1.82, 2.24) is 19.2 Å². The zero-order valence-corrected chi connectivity index (χ0v) is 22.6. The molecule has 1 amide bonds. The third-order valence-electron chi connectivity index (χ3n) is 7.53. The van der Waals surface area contributed by atoms with E-state index in [9.17, 15) is 4.79 Å². The molecular weight excluding hydrogens is 488 g/mol. The molecule has 198 valence electrons. The Morgan fingerprint density at radius 2 is 1.79 bits per heavy atom. The summed E-state index contributed by atoms with van der Waals surface area (Å²) in [7, 11) is 1.68. The largest absolute Gasteiger partial charge is 0.497 e. The highest BCUT2D eigenvalue weighted by Crippen LogP contribution is 2.31. The molecule has 1 aliphatic heterocycles. The summed E-state index contributed by atoms with van der Waals surface area (Å²) in [6, 6.07) is 22.4. The van der Waals surface area contributed by atoms with Crippen molar-refractivity contribution in [2.24, 2.45) is 0 Å². The summed E-state index contributed by atoms with van der Waals surface area (Å²) in [5.74, 6) is 1.14. The van der Waals surface area contributed by atoms with Crippen LogP contribution in [0.3, 0.4) is 0 Å². The number of rotatable bonds is 6. The van der Waals surface area contributed by atoms with Gasteiger partial charge in [0.25, 0.3) is 5.91 Å². The summed E-state index contributed by atoms with van der Waals surface area (Å²) in [4.78, 5) is 22.1. The van der Waals surface area contributed by atoms with Gasteiger partial charge in [-0.25, -0.2) is 4.98 Å². The van der Waals surface area contributed by atoms with Gasteiger partial charge in [-0.05, 0) is 66.9 Å². The van der Waals surface area contributed by atoms with Crippen LogP contribution in [-0.4, -0.2) is 58.4 Å². The van der Waals surface area contributed by atoms with Crippen molar-refractivity contribution >= 4 is 11.6 Å². The first-order chi connectivity index (χ1) is 19.0. The van der Waals surface area contributed by atoms with Crippen molar-refractivity contribution in [2.75, 3.05) is 33.3 Å². The van der Waals surface area contributed by atoms with Gasteiger partial charge in [0, 0.05) is 44.5 Å². The third kappa shape index (κ3) is 4.93. The molecule has 7 heteroatoms. The van der Waals surface area contributed by atoms with Crippen LogP contribution >= 0.6 is 0 Å². The number of fused-ring (bicyclic) bond motifs is 1. The number of carbonyl (C=O) groups excluding carboxylic acids is 1. The molecule has 6 rings (SSSR count). The summed E-state index contributed by atoms with van der Waals surface area (Å²) in [5.41, 5.74) is 8.86. The van der Waals surface area contributed by atoms with Gasteiger partial charge in [0.1, 0.15) is 11.4 Å². The number of aromatic nitrogens is 2. The summed E-state index contributed by atoms with van der Waals surface area (Å²) in [6.45, 7) is 7.84. The van der Waals surface area contributed by atoms with Crippen LogP contribution < -0.4 is 4.74 Å². The standard InChI is InChI=1S/C32H32N4O3/c1-22-9-10-23(2)27(18-22)25-11-12-30-33-31(24-6-4-7-26(19-24)38-3)28(36(30)20-25)21-34-13-15-35(16-14-34)32(37)29-8-5-17-39-29/h4-12,17-20H,13-16,21H2,1-3H3. The van der Waals surface area contributed by atoms with Gasteiger partial charge in [-0.1, -0.05) is 35.9 Å². The van der Waals surface area contributed by atoms with E-state index in [0.29, 0.717) is 25.4 Å². The zero-order chi connectivity index (χ0) is 26.9. The van der Waals surface area contributed by atoms with Crippen molar-refractivity contribution in [3.63, 3.8) is 0 Å². The Morgan fingerprint density at radius 1 is 0.949 bits per heavy atom. The first-order valence-corrected chi connectivity index (χ1v) is 13.3. The number of benzene rings is 2. The summed E-state index contributed by atoms with van der Waals surface area (Å²) >= 11 is 0. The zero-order valence-electron chi connectivity index (χ0n) is 22.6. The van der Waals surface area contributed by atoms with Crippen LogP contribution in [0.25, 0.3) is 28.0 Å². The Morgan fingerprint density at radius 3 is 2.56 bits per heavy atom. The Bertz CT molecular complexity index is 1630. The molecule has 3 aromatic heterocycles. The number of nitrogens with zero attached hydrogens (tertiary/aromatic N) is 4. The molecule has 0 saturated carbocycles. The number of methoxy groups -OCH3 is 1. The minimum Gasteiger partial charge on any atom is -0.497 e. The molecular formula is C32H32N4O3. The molecule has 5 aromatic rings. The van der Waals surface area contributed by atoms with E-state index in [4.69, 9.17) is 14.1 Å². The van der Waals surface area contributed by atoms with E-state index in [-0.39, 0.29) is 5.91 Å². The Balaban J connectivity index is 1.36. The highest BCUT2D eigenvalue weighted by molar-refractivity contribution is 5.91. The third-order valence-corrected chi connectivity index (χ3v) is 7.53. The van der Waals surface area contributed by atoms with Crippen molar-refractivity contribution in [1.29, 1.82) is 0 Å². The quantitative estimate of drug-likeness (QED) is 0.281. The Hall–Kier alpha value is -4.36. The molecule has 0 atom stereocenters. The fourth-order valence-electron chi connectivity index (χ4n) is 5.33. The molecule has 7 nitrogen and oxygen atoms in total. The highest BCUT2D eigenvalue weighted by atomic mass is 16.5. The number of aryl methyl sites for hydroxylation is 2. The van der Waals surface area contributed by atoms with Crippen molar-refractivity contribution in [3.05, 3.63) is 102 Å². The van der Waals surface area contributed by atoms with E-state index < -0.39 is 0 Å². The number of furan rings is 1. The summed E-state index contributed by atoms with van der Waals surface area (Å²) in [5, 5.41) is 0. The second kappa shape index (κ2) is 10.4. The number of imidazole rings is 1. The molecule has 2 aromatic carbocycles. The maximum absolute atomic E-state index is 12.8. The van der Waals surface area contributed by atoms with E-state index in [1.165, 1.54) is 16.7 Å². The van der Waals surface area contributed by atoms with E-state index in [1.54, 1.807) is 25.5 Å². The second-order valence-electron chi connectivity index (χ2n) is 10.1. The fraction of sp³-hybridized carbons (Fsp3) is 0.250. The molecule has 0 bridgehead atoms. The minimum absolute atomic E-state index is 0.0512. The van der Waals surface area contributed by atoms with Crippen LogP contribution in [0.2, 0.25) is 0 Å². The SMILES string of the molecule is COc1cccc(-c2nc3ccc(-c4cc(C)ccc4C)cn3c2CN2CCN(C(=O)c3ccco3)CC2)c1. The molecule has 1 aliphatic rings. The van der Waals surface area contributed by atoms with E-state index >= 15 is 0 Å². The van der Waals surface area contributed by atoms with E-state index in [2.05, 4.69) is 65.7 Å². The molecule has 0 spiro atoms. The van der Waals surface area contributed by atoms with Crippen molar-refractivity contribution < 1.29 is 13.9 Å². The lowest BCUT2D eigenvalue weighted by Crippen LogP contribution is -2.48. The molecule has 0 unspecified atom stereocenters. The van der Waals surface area contributed by atoms with Crippen molar-refractivity contribution in [3.8, 4) is 28.1 Å². The predicted octanol–water partition coefficient (Wildman–Crippen LogP) is 5.84. The van der Waals surface area contributed by atoms with Gasteiger partial charge >= 0.3 is 0 Å². The second-order valence-corrected chi connectivity index (χ2v) is 10.1. The van der Waals surface area contributed by atoms with E-state index in [0.717, 1.165) is 47.0 Å². The number of ether oxygens (including phenoxy) is 1. The van der Waals surface area contributed by atoms with Gasteiger partial charge in [0.05, 0.1) is 24.8 Å². The smallest absolute Gasteiger partial charge is 0.289 e. The number of hydrogen-bond acceptors (Lipinski definition) is 5. The highest BCUT2D eigenvalue weighted by Gasteiger charge is 2.26. The summed E-state index contributed by atoms with van der Waals surface area (Å²) in [6.07, 6.45) is 3.75. The first-order valence-electron chi connectivity index (χ1n) is 13.3. The van der Waals surface area contributed by atoms with Gasteiger partial charge in [0.2, 0.25) is 0 Å². The predicted molar refractivity (Wildman–Crippen MR) is 152 cm³/mol. The number of hydrogen-bond donors (Lipinski definition) is 0. The van der Waals surface area contributed by atoms with Gasteiger partial charge in [-0.3, -0.25) is 9.69 Å². The number of pyridine rings is 1.